The first-order chi connectivity index (χ1) is 33.2. The molecular formula is C66H71BN2O. The van der Waals surface area contributed by atoms with Gasteiger partial charge in [0.2, 0.25) is 0 Å². The van der Waals surface area contributed by atoms with Crippen LogP contribution in [-0.4, -0.2) is 6.71 Å². The molecule has 3 unspecified atom stereocenters. The molecule has 0 amide bonds. The van der Waals surface area contributed by atoms with Crippen molar-refractivity contribution in [3.63, 3.8) is 0 Å². The molecule has 70 heavy (non-hydrogen) atoms. The Hall–Kier alpha value is -5.48. The predicted octanol–water partition coefficient (Wildman–Crippen LogP) is 15.9. The van der Waals surface area contributed by atoms with E-state index >= 15 is 0 Å². The van der Waals surface area contributed by atoms with Gasteiger partial charge in [-0.2, -0.15) is 0 Å². The largest absolute Gasteiger partial charge is 0.468 e. The Balaban J connectivity index is 1.07. The highest BCUT2D eigenvalue weighted by atomic mass is 16.3. The fraction of sp³-hybridized carbons (Fsp3) is 0.424. The lowest BCUT2D eigenvalue weighted by molar-refractivity contribution is 0.327. The van der Waals surface area contributed by atoms with Gasteiger partial charge in [-0.3, -0.25) is 0 Å². The van der Waals surface area contributed by atoms with Gasteiger partial charge in [0.25, 0.3) is 6.71 Å². The van der Waals surface area contributed by atoms with E-state index in [0.717, 1.165) is 17.2 Å². The minimum atomic E-state index is -0.0915. The van der Waals surface area contributed by atoms with E-state index in [-0.39, 0.29) is 39.2 Å². The molecule has 1 aromatic heterocycles. The summed E-state index contributed by atoms with van der Waals surface area (Å²) in [5, 5.41) is 1.23. The number of fused-ring (bicyclic) bond motifs is 16. The quantitative estimate of drug-likeness (QED) is 0.161. The predicted molar refractivity (Wildman–Crippen MR) is 296 cm³/mol. The third kappa shape index (κ3) is 5.66. The van der Waals surface area contributed by atoms with Gasteiger partial charge in [-0.05, 0) is 212 Å². The van der Waals surface area contributed by atoms with E-state index < -0.39 is 0 Å². The normalized spacial score (nSPS) is 24.3. The molecule has 1 spiro atoms. The van der Waals surface area contributed by atoms with Gasteiger partial charge < -0.3 is 14.2 Å². The SMILES string of the molecule is Cc1cc2c3c(c1)N(c1ccc4c(c1)C(C)(C)CCC4(C)C)c1c(oc4cc5c(cc14)C(C)(C)CCC5(C)C)B3c1ccc(C(C)(C)C)cc1N2c1ccc2c(c1)C1(CC3CCC1C3)c1ccccc1-2. The first kappa shape index (κ1) is 43.3. The maximum atomic E-state index is 7.66. The highest BCUT2D eigenvalue weighted by molar-refractivity contribution is 7.00. The standard InChI is InChI=1S/C66H71BN2O/c1-38-29-55-58-56(30-38)69(43-21-23-48-50(34-43)63(7,8)26-25-62(48,5)6)59-46-35-51-52(65(11,12)28-27-64(51,9)10)36-57(46)70-60(59)67(58)53-24-19-40(61(2,3)4)32-54(53)68(55)42-20-22-45-44-15-13-14-16-47(44)66(49(45)33-42)37-39-17-18-41(66)31-39/h13-16,19-24,29-30,32-36,39,41H,17-18,25-28,31,37H2,1-12H3. The minimum Gasteiger partial charge on any atom is -0.468 e. The molecule has 354 valence electrons. The molecule has 5 aliphatic carbocycles. The molecule has 3 nitrogen and oxygen atoms in total. The second-order valence-corrected chi connectivity index (χ2v) is 27.1. The van der Waals surface area contributed by atoms with Crippen molar-refractivity contribution in [1.82, 2.24) is 0 Å². The molecule has 3 atom stereocenters. The van der Waals surface area contributed by atoms with Crippen LogP contribution >= 0.6 is 0 Å². The van der Waals surface area contributed by atoms with Gasteiger partial charge in [-0.15, -0.1) is 0 Å². The van der Waals surface area contributed by atoms with E-state index in [9.17, 15) is 0 Å². The summed E-state index contributed by atoms with van der Waals surface area (Å²) >= 11 is 0. The van der Waals surface area contributed by atoms with Crippen molar-refractivity contribution in [3.8, 4) is 11.1 Å². The van der Waals surface area contributed by atoms with Crippen LogP contribution in [-0.2, 0) is 32.5 Å². The van der Waals surface area contributed by atoms with Gasteiger partial charge in [-0.1, -0.05) is 131 Å². The van der Waals surface area contributed by atoms with Crippen LogP contribution in [0.1, 0.15) is 172 Å². The Morgan fingerprint density at radius 3 is 1.87 bits per heavy atom. The van der Waals surface area contributed by atoms with Crippen LogP contribution in [0.5, 0.6) is 0 Å². The zero-order valence-corrected chi connectivity index (χ0v) is 44.0. The molecule has 6 aromatic carbocycles. The number of rotatable bonds is 2. The topological polar surface area (TPSA) is 19.6 Å². The Bertz CT molecular complexity index is 3440. The first-order valence-corrected chi connectivity index (χ1v) is 27.1. The number of nitrogens with zero attached hydrogens (tertiary/aromatic N) is 2. The summed E-state index contributed by atoms with van der Waals surface area (Å²) < 4.78 is 7.66. The second-order valence-electron chi connectivity index (χ2n) is 27.1. The molecule has 2 fully saturated rings. The lowest BCUT2D eigenvalue weighted by Crippen LogP contribution is -2.61. The number of furan rings is 1. The Morgan fingerprint density at radius 2 is 1.19 bits per heavy atom. The summed E-state index contributed by atoms with van der Waals surface area (Å²) in [6.07, 6.45) is 10.1. The molecule has 3 heterocycles. The molecule has 2 bridgehead atoms. The fourth-order valence-electron chi connectivity index (χ4n) is 15.9. The molecular weight excluding hydrogens is 848 g/mol. The Morgan fingerprint density at radius 1 is 0.571 bits per heavy atom. The van der Waals surface area contributed by atoms with Crippen molar-refractivity contribution >= 4 is 68.4 Å². The third-order valence-corrected chi connectivity index (χ3v) is 20.0. The van der Waals surface area contributed by atoms with Crippen LogP contribution in [0.3, 0.4) is 0 Å². The summed E-state index contributed by atoms with van der Waals surface area (Å²) in [6, 6.07) is 42.0. The van der Waals surface area contributed by atoms with Crippen LogP contribution in [0.4, 0.5) is 34.1 Å². The minimum absolute atomic E-state index is 0.0349. The molecule has 7 aliphatic rings. The number of anilines is 6. The van der Waals surface area contributed by atoms with E-state index in [1.807, 2.05) is 0 Å². The van der Waals surface area contributed by atoms with E-state index in [1.165, 1.54) is 146 Å². The number of hydrogen-bond donors (Lipinski definition) is 0. The van der Waals surface area contributed by atoms with Crippen molar-refractivity contribution in [1.29, 1.82) is 0 Å². The van der Waals surface area contributed by atoms with Crippen LogP contribution < -0.4 is 26.4 Å². The number of aryl methyl sites for hydroxylation is 1. The molecule has 2 saturated carbocycles. The second kappa shape index (κ2) is 13.7. The summed E-state index contributed by atoms with van der Waals surface area (Å²) in [5.74, 6) is 1.51. The molecule has 4 heteroatoms. The highest BCUT2D eigenvalue weighted by Gasteiger charge is 2.57. The van der Waals surface area contributed by atoms with Crippen molar-refractivity contribution in [2.24, 2.45) is 11.8 Å². The highest BCUT2D eigenvalue weighted by Crippen LogP contribution is 2.66. The third-order valence-electron chi connectivity index (χ3n) is 20.0. The molecule has 2 aliphatic heterocycles. The first-order valence-electron chi connectivity index (χ1n) is 27.1. The van der Waals surface area contributed by atoms with Crippen LogP contribution in [0.25, 0.3) is 22.1 Å². The van der Waals surface area contributed by atoms with Gasteiger partial charge in [0.1, 0.15) is 5.58 Å². The van der Waals surface area contributed by atoms with Crippen LogP contribution in [0.15, 0.2) is 108 Å². The van der Waals surface area contributed by atoms with Crippen LogP contribution in [0, 0.1) is 18.8 Å². The van der Waals surface area contributed by atoms with Crippen LogP contribution in [0.2, 0.25) is 0 Å². The van der Waals surface area contributed by atoms with Gasteiger partial charge in [0.05, 0.1) is 11.3 Å². The Kier molecular flexibility index (Phi) is 8.49. The monoisotopic (exact) mass is 919 g/mol. The van der Waals surface area contributed by atoms with E-state index in [4.69, 9.17) is 4.42 Å². The maximum absolute atomic E-state index is 7.66. The van der Waals surface area contributed by atoms with Crippen molar-refractivity contribution in [3.05, 3.63) is 148 Å². The van der Waals surface area contributed by atoms with E-state index in [2.05, 4.69) is 196 Å². The number of benzene rings is 6. The summed E-state index contributed by atoms with van der Waals surface area (Å²) in [7, 11) is 0. The van der Waals surface area contributed by atoms with E-state index in [0.29, 0.717) is 5.92 Å². The van der Waals surface area contributed by atoms with Crippen molar-refractivity contribution in [2.45, 2.75) is 167 Å². The summed E-state index contributed by atoms with van der Waals surface area (Å²) in [4.78, 5) is 5.34. The fourth-order valence-corrected chi connectivity index (χ4v) is 15.9. The van der Waals surface area contributed by atoms with Gasteiger partial charge in [-0.25, -0.2) is 0 Å². The van der Waals surface area contributed by atoms with Crippen molar-refractivity contribution < 1.29 is 4.42 Å². The number of hydrogen-bond acceptors (Lipinski definition) is 3. The van der Waals surface area contributed by atoms with Gasteiger partial charge in [0, 0.05) is 39.2 Å². The zero-order valence-electron chi connectivity index (χ0n) is 44.0. The van der Waals surface area contributed by atoms with Crippen molar-refractivity contribution in [2.75, 3.05) is 9.80 Å². The lowest BCUT2D eigenvalue weighted by atomic mass is 9.35. The summed E-state index contributed by atoms with van der Waals surface area (Å²) in [5.41, 5.74) is 27.2. The Labute approximate surface area is 418 Å². The lowest BCUT2D eigenvalue weighted by Gasteiger charge is -2.45. The van der Waals surface area contributed by atoms with Gasteiger partial charge >= 0.3 is 0 Å². The summed E-state index contributed by atoms with van der Waals surface area (Å²) in [6.45, 7) is 29.0. The molecule has 14 rings (SSSR count). The molecule has 0 saturated heterocycles. The average Bonchev–Trinajstić information content (AvgIpc) is 4.10. The van der Waals surface area contributed by atoms with Gasteiger partial charge in [0.15, 0.2) is 0 Å². The maximum Gasteiger partial charge on any atom is 0.297 e. The molecule has 0 radical (unpaired) electrons. The van der Waals surface area contributed by atoms with E-state index in [1.54, 1.807) is 11.1 Å². The molecule has 0 N–H and O–H groups in total. The average molecular weight is 919 g/mol. The zero-order chi connectivity index (χ0) is 48.4. The smallest absolute Gasteiger partial charge is 0.297 e. The molecule has 7 aromatic rings.